The first-order valence-electron chi connectivity index (χ1n) is 6.77. The summed E-state index contributed by atoms with van der Waals surface area (Å²) in [5.74, 6) is 0.974. The monoisotopic (exact) mass is 275 g/mol. The molecule has 1 unspecified atom stereocenters. The molecule has 0 aliphatic heterocycles. The molecule has 0 saturated heterocycles. The number of rotatable bonds is 6. The van der Waals surface area contributed by atoms with E-state index in [2.05, 4.69) is 43.4 Å². The van der Waals surface area contributed by atoms with Gasteiger partial charge in [0.1, 0.15) is 5.75 Å². The smallest absolute Gasteiger partial charge is 0.124 e. The van der Waals surface area contributed by atoms with Gasteiger partial charge in [-0.05, 0) is 38.6 Å². The third-order valence-corrected chi connectivity index (χ3v) is 4.05. The summed E-state index contributed by atoms with van der Waals surface area (Å²) in [6.07, 6.45) is 0. The first-order chi connectivity index (χ1) is 9.26. The molecule has 0 saturated carbocycles. The summed E-state index contributed by atoms with van der Waals surface area (Å²) in [6.45, 7) is 7.93. The minimum absolute atomic E-state index is 0.214. The van der Waals surface area contributed by atoms with Crippen molar-refractivity contribution in [3.05, 3.63) is 51.7 Å². The van der Waals surface area contributed by atoms with Gasteiger partial charge < -0.3 is 10.1 Å². The maximum Gasteiger partial charge on any atom is 0.124 e. The highest BCUT2D eigenvalue weighted by atomic mass is 32.1. The fourth-order valence-electron chi connectivity index (χ4n) is 2.18. The molecular weight excluding hydrogens is 254 g/mol. The van der Waals surface area contributed by atoms with Crippen molar-refractivity contribution in [2.24, 2.45) is 0 Å². The van der Waals surface area contributed by atoms with Crippen LogP contribution in [0.3, 0.4) is 0 Å². The Balaban J connectivity index is 2.38. The van der Waals surface area contributed by atoms with Gasteiger partial charge in [-0.25, -0.2) is 0 Å². The quantitative estimate of drug-likeness (QED) is 0.855. The van der Waals surface area contributed by atoms with E-state index in [1.165, 1.54) is 15.3 Å². The summed E-state index contributed by atoms with van der Waals surface area (Å²) in [5, 5.41) is 3.56. The number of aryl methyl sites for hydroxylation is 1. The summed E-state index contributed by atoms with van der Waals surface area (Å²) in [7, 11) is 0. The molecule has 102 valence electrons. The molecule has 2 nitrogen and oxygen atoms in total. The van der Waals surface area contributed by atoms with Crippen LogP contribution in [-0.4, -0.2) is 13.2 Å². The maximum atomic E-state index is 5.76. The van der Waals surface area contributed by atoms with Gasteiger partial charge in [-0.3, -0.25) is 0 Å². The van der Waals surface area contributed by atoms with Gasteiger partial charge in [0.15, 0.2) is 0 Å². The lowest BCUT2D eigenvalue weighted by molar-refractivity contribution is 0.334. The van der Waals surface area contributed by atoms with Crippen molar-refractivity contribution >= 4 is 11.3 Å². The molecule has 1 heterocycles. The number of thiophene rings is 1. The van der Waals surface area contributed by atoms with Crippen LogP contribution in [0.2, 0.25) is 0 Å². The van der Waals surface area contributed by atoms with E-state index >= 15 is 0 Å². The van der Waals surface area contributed by atoms with E-state index in [1.54, 1.807) is 0 Å². The lowest BCUT2D eigenvalue weighted by atomic mass is 10.0. The van der Waals surface area contributed by atoms with Crippen molar-refractivity contribution < 1.29 is 4.74 Å². The number of hydrogen-bond acceptors (Lipinski definition) is 3. The highest BCUT2D eigenvalue weighted by Gasteiger charge is 2.18. The van der Waals surface area contributed by atoms with Gasteiger partial charge in [-0.2, -0.15) is 0 Å². The van der Waals surface area contributed by atoms with E-state index < -0.39 is 0 Å². The van der Waals surface area contributed by atoms with Crippen LogP contribution in [0.25, 0.3) is 0 Å². The first-order valence-corrected chi connectivity index (χ1v) is 7.59. The maximum absolute atomic E-state index is 5.76. The number of nitrogens with one attached hydrogen (secondary N) is 1. The van der Waals surface area contributed by atoms with Gasteiger partial charge in [-0.15, -0.1) is 11.3 Å². The van der Waals surface area contributed by atoms with Gasteiger partial charge in [0.2, 0.25) is 0 Å². The van der Waals surface area contributed by atoms with Crippen molar-refractivity contribution in [3.63, 3.8) is 0 Å². The molecule has 1 aromatic carbocycles. The third-order valence-electron chi connectivity index (χ3n) is 2.98. The Morgan fingerprint density at radius 3 is 2.58 bits per heavy atom. The minimum atomic E-state index is 0.214. The molecule has 2 aromatic rings. The predicted octanol–water partition coefficient (Wildman–Crippen LogP) is 4.15. The van der Waals surface area contributed by atoms with Gasteiger partial charge >= 0.3 is 0 Å². The Morgan fingerprint density at radius 2 is 1.95 bits per heavy atom. The molecule has 0 aliphatic rings. The zero-order valence-electron chi connectivity index (χ0n) is 11.8. The summed E-state index contributed by atoms with van der Waals surface area (Å²) in [4.78, 5) is 2.68. The molecule has 3 heteroatoms. The zero-order chi connectivity index (χ0) is 13.7. The molecular formula is C16H21NOS. The Hall–Kier alpha value is -1.32. The number of hydrogen-bond donors (Lipinski definition) is 1. The van der Waals surface area contributed by atoms with Crippen LogP contribution < -0.4 is 10.1 Å². The Kier molecular flexibility index (Phi) is 5.00. The van der Waals surface area contributed by atoms with Gasteiger partial charge in [-0.1, -0.05) is 25.1 Å². The highest BCUT2D eigenvalue weighted by Crippen LogP contribution is 2.33. The fourth-order valence-corrected chi connectivity index (χ4v) is 3.15. The summed E-state index contributed by atoms with van der Waals surface area (Å²) in [6, 6.07) is 12.9. The summed E-state index contributed by atoms with van der Waals surface area (Å²) >= 11 is 1.84. The lowest BCUT2D eigenvalue weighted by Gasteiger charge is -2.20. The highest BCUT2D eigenvalue weighted by molar-refractivity contribution is 7.12. The van der Waals surface area contributed by atoms with E-state index in [1.807, 2.05) is 30.4 Å². The van der Waals surface area contributed by atoms with Gasteiger partial charge in [0.05, 0.1) is 12.6 Å². The molecule has 0 fully saturated rings. The topological polar surface area (TPSA) is 21.3 Å². The van der Waals surface area contributed by atoms with E-state index in [0.29, 0.717) is 6.61 Å². The van der Waals surface area contributed by atoms with Crippen LogP contribution in [0, 0.1) is 6.92 Å². The molecule has 1 aromatic heterocycles. The largest absolute Gasteiger partial charge is 0.494 e. The van der Waals surface area contributed by atoms with Gasteiger partial charge in [0, 0.05) is 15.3 Å². The van der Waals surface area contributed by atoms with E-state index in [-0.39, 0.29) is 6.04 Å². The average Bonchev–Trinajstić information content (AvgIpc) is 2.84. The minimum Gasteiger partial charge on any atom is -0.494 e. The average molecular weight is 275 g/mol. The predicted molar refractivity (Wildman–Crippen MR) is 82.2 cm³/mol. The van der Waals surface area contributed by atoms with Crippen molar-refractivity contribution in [1.82, 2.24) is 5.32 Å². The molecule has 0 spiro atoms. The Labute approximate surface area is 119 Å². The molecule has 0 aliphatic carbocycles. The van der Waals surface area contributed by atoms with Crippen LogP contribution in [-0.2, 0) is 0 Å². The van der Waals surface area contributed by atoms with Crippen molar-refractivity contribution in [2.45, 2.75) is 26.8 Å². The van der Waals surface area contributed by atoms with Crippen molar-refractivity contribution in [1.29, 1.82) is 0 Å². The fraction of sp³-hybridized carbons (Fsp3) is 0.375. The molecule has 19 heavy (non-hydrogen) atoms. The SMILES string of the molecule is CCNC(c1ccc(C)s1)c1ccccc1OCC. The van der Waals surface area contributed by atoms with E-state index in [9.17, 15) is 0 Å². The number of benzene rings is 1. The standard InChI is InChI=1S/C16H21NOS/c1-4-17-16(15-11-10-12(3)19-15)13-8-6-7-9-14(13)18-5-2/h6-11,16-17H,4-5H2,1-3H3. The molecule has 1 atom stereocenters. The van der Waals surface area contributed by atoms with Crippen LogP contribution in [0.4, 0.5) is 0 Å². The van der Waals surface area contributed by atoms with Crippen LogP contribution in [0.1, 0.15) is 35.2 Å². The zero-order valence-corrected chi connectivity index (χ0v) is 12.6. The summed E-state index contributed by atoms with van der Waals surface area (Å²) in [5.41, 5.74) is 1.22. The second kappa shape index (κ2) is 6.73. The molecule has 0 amide bonds. The molecule has 2 rings (SSSR count). The van der Waals surface area contributed by atoms with Crippen LogP contribution in [0.15, 0.2) is 36.4 Å². The molecule has 0 radical (unpaired) electrons. The van der Waals surface area contributed by atoms with Crippen molar-refractivity contribution in [2.75, 3.05) is 13.2 Å². The second-order valence-corrected chi connectivity index (χ2v) is 5.73. The first kappa shape index (κ1) is 14.1. The Bertz CT molecular complexity index is 521. The lowest BCUT2D eigenvalue weighted by Crippen LogP contribution is -2.21. The second-order valence-electron chi connectivity index (χ2n) is 4.41. The summed E-state index contributed by atoms with van der Waals surface area (Å²) < 4.78 is 5.76. The molecule has 1 N–H and O–H groups in total. The Morgan fingerprint density at radius 1 is 1.16 bits per heavy atom. The van der Waals surface area contributed by atoms with E-state index in [4.69, 9.17) is 4.74 Å². The van der Waals surface area contributed by atoms with Gasteiger partial charge in [0.25, 0.3) is 0 Å². The van der Waals surface area contributed by atoms with E-state index in [0.717, 1.165) is 12.3 Å². The normalized spacial score (nSPS) is 12.4. The molecule has 0 bridgehead atoms. The number of ether oxygens (including phenoxy) is 1. The van der Waals surface area contributed by atoms with Crippen LogP contribution in [0.5, 0.6) is 5.75 Å². The number of para-hydroxylation sites is 1. The van der Waals surface area contributed by atoms with Crippen LogP contribution >= 0.6 is 11.3 Å². The third kappa shape index (κ3) is 3.37. The van der Waals surface area contributed by atoms with Crippen molar-refractivity contribution in [3.8, 4) is 5.75 Å².